The van der Waals surface area contributed by atoms with Gasteiger partial charge in [-0.25, -0.2) is 17.2 Å². The number of rotatable bonds is 6. The van der Waals surface area contributed by atoms with Crippen LogP contribution in [-0.4, -0.2) is 43.5 Å². The third-order valence-corrected chi connectivity index (χ3v) is 9.10. The summed E-state index contributed by atoms with van der Waals surface area (Å²) in [5.41, 5.74) is 2.08. The Morgan fingerprint density at radius 1 is 0.949 bits per heavy atom. The maximum Gasteiger partial charge on any atom is 0.160 e. The van der Waals surface area contributed by atoms with Gasteiger partial charge in [0.15, 0.2) is 9.84 Å². The molecule has 0 aliphatic carbocycles. The van der Waals surface area contributed by atoms with E-state index in [0.29, 0.717) is 16.8 Å². The molecule has 3 aromatic rings. The van der Waals surface area contributed by atoms with Crippen LogP contribution in [0.2, 0.25) is 0 Å². The Morgan fingerprint density at radius 3 is 2.31 bits per heavy atom. The van der Waals surface area contributed by atoms with E-state index in [1.165, 1.54) is 18.3 Å². The first-order valence-electron chi connectivity index (χ1n) is 13.5. The Kier molecular flexibility index (Phi) is 7.55. The van der Waals surface area contributed by atoms with Crippen molar-refractivity contribution in [1.82, 2.24) is 9.88 Å². The second-order valence-corrected chi connectivity index (χ2v) is 14.3. The molecule has 208 valence electrons. The molecular weight excluding hydrogens is 518 g/mol. The first-order chi connectivity index (χ1) is 18.4. The lowest BCUT2D eigenvalue weighted by Gasteiger charge is -2.45. The molecule has 0 amide bonds. The van der Waals surface area contributed by atoms with Gasteiger partial charge < -0.3 is 9.64 Å². The predicted octanol–water partition coefficient (Wildman–Crippen LogP) is 6.35. The molecule has 0 saturated carbocycles. The van der Waals surface area contributed by atoms with Crippen LogP contribution in [0.5, 0.6) is 5.75 Å². The molecule has 2 aliphatic rings. The minimum Gasteiger partial charge on any atom is -0.487 e. The molecule has 1 spiro atoms. The lowest BCUT2D eigenvalue weighted by molar-refractivity contribution is -0.0206. The van der Waals surface area contributed by atoms with Gasteiger partial charge in [-0.2, -0.15) is 0 Å². The molecule has 2 aliphatic heterocycles. The fraction of sp³-hybridized carbons (Fsp3) is 0.452. The zero-order valence-electron chi connectivity index (χ0n) is 22.8. The highest BCUT2D eigenvalue weighted by atomic mass is 32.2. The predicted molar refractivity (Wildman–Crippen MR) is 149 cm³/mol. The van der Waals surface area contributed by atoms with Gasteiger partial charge in [-0.1, -0.05) is 32.9 Å². The van der Waals surface area contributed by atoms with Crippen LogP contribution in [0.15, 0.2) is 54.7 Å². The molecule has 5 nitrogen and oxygen atoms in total. The SMILES string of the molecule is CC(C)(C)CN1CCC2(CCc3cc(-c4cc(F)c(CS(=O)(=O)Cc5ccccn5)c(F)c4)ccc3O2)CC1. The Morgan fingerprint density at radius 2 is 1.67 bits per heavy atom. The molecule has 0 atom stereocenters. The second-order valence-electron chi connectivity index (χ2n) is 12.2. The van der Waals surface area contributed by atoms with Gasteiger partial charge in [0, 0.05) is 31.4 Å². The third-order valence-electron chi connectivity index (χ3n) is 7.63. The molecule has 39 heavy (non-hydrogen) atoms. The lowest BCUT2D eigenvalue weighted by Crippen LogP contribution is -2.51. The standard InChI is InChI=1S/C31H36F2N2O3S/c1-30(2,3)21-35-14-11-31(12-15-35)10-9-23-16-22(7-8-29(23)38-31)24-17-27(32)26(28(33)18-24)20-39(36,37)19-25-6-4-5-13-34-25/h4-8,13,16-18H,9-12,14-15,19-21H2,1-3H3. The number of aryl methyl sites for hydroxylation is 1. The van der Waals surface area contributed by atoms with Gasteiger partial charge in [0.25, 0.3) is 0 Å². The number of piperidine rings is 1. The van der Waals surface area contributed by atoms with Crippen molar-refractivity contribution in [3.8, 4) is 16.9 Å². The van der Waals surface area contributed by atoms with Crippen molar-refractivity contribution in [3.05, 3.63) is 83.2 Å². The summed E-state index contributed by atoms with van der Waals surface area (Å²) in [6, 6.07) is 13.0. The van der Waals surface area contributed by atoms with E-state index in [4.69, 9.17) is 4.74 Å². The summed E-state index contributed by atoms with van der Waals surface area (Å²) >= 11 is 0. The van der Waals surface area contributed by atoms with E-state index < -0.39 is 32.8 Å². The molecule has 1 aromatic heterocycles. The van der Waals surface area contributed by atoms with Crippen LogP contribution in [0.1, 0.15) is 56.9 Å². The number of hydrogen-bond acceptors (Lipinski definition) is 5. The summed E-state index contributed by atoms with van der Waals surface area (Å²) in [4.78, 5) is 6.52. The van der Waals surface area contributed by atoms with E-state index >= 15 is 8.78 Å². The van der Waals surface area contributed by atoms with E-state index in [1.54, 1.807) is 18.2 Å². The number of fused-ring (bicyclic) bond motifs is 1. The fourth-order valence-electron chi connectivity index (χ4n) is 5.73. The zero-order valence-corrected chi connectivity index (χ0v) is 23.7. The highest BCUT2D eigenvalue weighted by Gasteiger charge is 2.40. The molecule has 1 saturated heterocycles. The van der Waals surface area contributed by atoms with Crippen LogP contribution in [0, 0.1) is 17.0 Å². The van der Waals surface area contributed by atoms with Crippen molar-refractivity contribution in [2.24, 2.45) is 5.41 Å². The smallest absolute Gasteiger partial charge is 0.160 e. The lowest BCUT2D eigenvalue weighted by atomic mass is 9.82. The molecule has 5 rings (SSSR count). The van der Waals surface area contributed by atoms with E-state index in [9.17, 15) is 8.42 Å². The van der Waals surface area contributed by atoms with E-state index in [1.807, 2.05) is 18.2 Å². The Hall–Kier alpha value is -2.84. The zero-order chi connectivity index (χ0) is 27.8. The van der Waals surface area contributed by atoms with Crippen LogP contribution in [0.4, 0.5) is 8.78 Å². The first-order valence-corrected chi connectivity index (χ1v) is 15.4. The van der Waals surface area contributed by atoms with Crippen LogP contribution in [-0.2, 0) is 27.8 Å². The summed E-state index contributed by atoms with van der Waals surface area (Å²) in [5.74, 6) is -2.01. The molecule has 0 N–H and O–H groups in total. The number of nitrogens with zero attached hydrogens (tertiary/aromatic N) is 2. The van der Waals surface area contributed by atoms with Gasteiger partial charge in [-0.15, -0.1) is 0 Å². The summed E-state index contributed by atoms with van der Waals surface area (Å²) < 4.78 is 61.8. The van der Waals surface area contributed by atoms with Gasteiger partial charge >= 0.3 is 0 Å². The van der Waals surface area contributed by atoms with Gasteiger partial charge in [0.05, 0.1) is 17.2 Å². The molecular formula is C31H36F2N2O3S. The molecule has 8 heteroatoms. The number of hydrogen-bond donors (Lipinski definition) is 0. The van der Waals surface area contributed by atoms with Crippen molar-refractivity contribution < 1.29 is 21.9 Å². The highest BCUT2D eigenvalue weighted by Crippen LogP contribution is 2.41. The minimum absolute atomic E-state index is 0.149. The van der Waals surface area contributed by atoms with Gasteiger partial charge in [-0.3, -0.25) is 4.98 Å². The fourth-order valence-corrected chi connectivity index (χ4v) is 7.17. The van der Waals surface area contributed by atoms with Crippen LogP contribution in [0.3, 0.4) is 0 Å². The quantitative estimate of drug-likeness (QED) is 0.356. The van der Waals surface area contributed by atoms with Crippen LogP contribution in [0.25, 0.3) is 11.1 Å². The monoisotopic (exact) mass is 554 g/mol. The number of likely N-dealkylation sites (tertiary alicyclic amines) is 1. The average Bonchev–Trinajstić information content (AvgIpc) is 2.87. The topological polar surface area (TPSA) is 59.5 Å². The number of pyridine rings is 1. The van der Waals surface area contributed by atoms with E-state index in [0.717, 1.165) is 56.6 Å². The highest BCUT2D eigenvalue weighted by molar-refractivity contribution is 7.89. The Bertz CT molecular complexity index is 1420. The molecule has 0 bridgehead atoms. The maximum atomic E-state index is 15.0. The molecule has 2 aromatic carbocycles. The van der Waals surface area contributed by atoms with E-state index in [2.05, 4.69) is 30.7 Å². The Labute approximate surface area is 230 Å². The summed E-state index contributed by atoms with van der Waals surface area (Å²) in [6.45, 7) is 9.91. The minimum atomic E-state index is -3.81. The van der Waals surface area contributed by atoms with Gasteiger partial charge in [0.1, 0.15) is 23.0 Å². The van der Waals surface area contributed by atoms with Crippen molar-refractivity contribution in [1.29, 1.82) is 0 Å². The van der Waals surface area contributed by atoms with Crippen molar-refractivity contribution >= 4 is 9.84 Å². The summed E-state index contributed by atoms with van der Waals surface area (Å²) in [6.07, 6.45) is 5.23. The number of benzene rings is 2. The van der Waals surface area contributed by atoms with Gasteiger partial charge in [0.2, 0.25) is 0 Å². The van der Waals surface area contributed by atoms with E-state index in [-0.39, 0.29) is 16.8 Å². The summed E-state index contributed by atoms with van der Waals surface area (Å²) in [5, 5.41) is 0. The van der Waals surface area contributed by atoms with Crippen LogP contribution >= 0.6 is 0 Å². The third kappa shape index (κ3) is 6.67. The number of aromatic nitrogens is 1. The Balaban J connectivity index is 1.29. The van der Waals surface area contributed by atoms with Gasteiger partial charge in [-0.05, 0) is 84.2 Å². The largest absolute Gasteiger partial charge is 0.487 e. The molecule has 0 radical (unpaired) electrons. The number of ether oxygens (including phenoxy) is 1. The average molecular weight is 555 g/mol. The first kappa shape index (κ1) is 27.7. The number of halogens is 2. The maximum absolute atomic E-state index is 15.0. The van der Waals surface area contributed by atoms with Crippen molar-refractivity contribution in [2.45, 2.75) is 63.6 Å². The van der Waals surface area contributed by atoms with Crippen molar-refractivity contribution in [3.63, 3.8) is 0 Å². The molecule has 3 heterocycles. The van der Waals surface area contributed by atoms with Crippen LogP contribution < -0.4 is 4.74 Å². The molecule has 0 unspecified atom stereocenters. The second kappa shape index (κ2) is 10.6. The molecule has 1 fully saturated rings. The summed E-state index contributed by atoms with van der Waals surface area (Å²) in [7, 11) is -3.81. The van der Waals surface area contributed by atoms with Crippen molar-refractivity contribution in [2.75, 3.05) is 19.6 Å². The number of sulfone groups is 1. The normalized spacial score (nSPS) is 17.6.